The molecule has 1 aromatic carbocycles. The van der Waals surface area contributed by atoms with Crippen molar-refractivity contribution in [2.24, 2.45) is 5.92 Å². The number of amides is 1. The molecule has 0 spiro atoms. The summed E-state index contributed by atoms with van der Waals surface area (Å²) in [6.45, 7) is 6.31. The summed E-state index contributed by atoms with van der Waals surface area (Å²) in [5.74, 6) is 0.163. The van der Waals surface area contributed by atoms with E-state index in [9.17, 15) is 4.79 Å². The van der Waals surface area contributed by atoms with Gasteiger partial charge in [-0.3, -0.25) is 9.36 Å². The molecule has 0 bridgehead atoms. The van der Waals surface area contributed by atoms with Crippen LogP contribution >= 0.6 is 22.9 Å². The zero-order valence-corrected chi connectivity index (χ0v) is 18.1. The van der Waals surface area contributed by atoms with Crippen LogP contribution < -0.4 is 10.2 Å². The van der Waals surface area contributed by atoms with Crippen molar-refractivity contribution in [1.29, 1.82) is 0 Å². The predicted molar refractivity (Wildman–Crippen MR) is 117 cm³/mol. The van der Waals surface area contributed by atoms with E-state index in [1.807, 2.05) is 24.3 Å². The monoisotopic (exact) mass is 429 g/mol. The average Bonchev–Trinajstić information content (AvgIpc) is 3.33. The number of nitrogens with zero attached hydrogens (tertiary/aromatic N) is 4. The highest BCUT2D eigenvalue weighted by molar-refractivity contribution is 7.17. The van der Waals surface area contributed by atoms with E-state index >= 15 is 0 Å². The first-order valence-electron chi connectivity index (χ1n) is 9.77. The molecule has 3 aromatic rings. The summed E-state index contributed by atoms with van der Waals surface area (Å²) in [5, 5.41) is 14.3. The lowest BCUT2D eigenvalue weighted by Gasteiger charge is -2.30. The molecule has 1 amide bonds. The summed E-state index contributed by atoms with van der Waals surface area (Å²) in [6.07, 6.45) is 1.64. The second-order valence-electron chi connectivity index (χ2n) is 7.42. The number of hydrogen-bond acceptors (Lipinski definition) is 5. The molecule has 4 rings (SSSR count). The number of piperidine rings is 1. The molecule has 2 aromatic heterocycles. The first-order valence-corrected chi connectivity index (χ1v) is 11.0. The molecule has 3 heterocycles. The maximum Gasteiger partial charge on any atom is 0.223 e. The van der Waals surface area contributed by atoms with Crippen molar-refractivity contribution in [3.05, 3.63) is 58.4 Å². The van der Waals surface area contributed by atoms with Crippen LogP contribution in [0.25, 0.3) is 5.13 Å². The molecular formula is C21H24ClN5OS. The third-order valence-electron chi connectivity index (χ3n) is 5.38. The van der Waals surface area contributed by atoms with Crippen molar-refractivity contribution < 1.29 is 4.79 Å². The van der Waals surface area contributed by atoms with Crippen LogP contribution in [-0.2, 0) is 11.3 Å². The number of carbonyl (C=O) groups excluding carboxylic acids is 1. The van der Waals surface area contributed by atoms with E-state index in [1.54, 1.807) is 11.3 Å². The summed E-state index contributed by atoms with van der Waals surface area (Å²) in [5.41, 5.74) is 3.36. The number of benzene rings is 1. The van der Waals surface area contributed by atoms with Crippen LogP contribution in [0.15, 0.2) is 36.4 Å². The number of aromatic nitrogens is 3. The Balaban J connectivity index is 1.31. The highest BCUT2D eigenvalue weighted by atomic mass is 35.5. The quantitative estimate of drug-likeness (QED) is 0.662. The Bertz CT molecular complexity index is 969. The minimum atomic E-state index is 0.0416. The second-order valence-corrected chi connectivity index (χ2v) is 8.80. The van der Waals surface area contributed by atoms with E-state index in [-0.39, 0.29) is 11.8 Å². The molecule has 1 aliphatic rings. The smallest absolute Gasteiger partial charge is 0.223 e. The van der Waals surface area contributed by atoms with Gasteiger partial charge in [-0.15, -0.1) is 10.2 Å². The van der Waals surface area contributed by atoms with Crippen molar-refractivity contribution in [3.8, 4) is 5.13 Å². The van der Waals surface area contributed by atoms with Crippen LogP contribution in [0.3, 0.4) is 0 Å². The van der Waals surface area contributed by atoms with Crippen molar-refractivity contribution in [1.82, 2.24) is 20.1 Å². The molecular weight excluding hydrogens is 406 g/mol. The van der Waals surface area contributed by atoms with Gasteiger partial charge in [0, 0.05) is 42.0 Å². The van der Waals surface area contributed by atoms with Gasteiger partial charge in [-0.25, -0.2) is 0 Å². The minimum Gasteiger partial charge on any atom is -0.352 e. The maximum atomic E-state index is 12.5. The zero-order chi connectivity index (χ0) is 20.4. The molecule has 0 saturated carbocycles. The Labute approximate surface area is 179 Å². The van der Waals surface area contributed by atoms with Gasteiger partial charge in [0.25, 0.3) is 0 Å². The Morgan fingerprint density at radius 3 is 2.34 bits per heavy atom. The Morgan fingerprint density at radius 1 is 1.07 bits per heavy atom. The number of carbonyl (C=O) groups is 1. The molecule has 1 fully saturated rings. The summed E-state index contributed by atoms with van der Waals surface area (Å²) in [7, 11) is 0. The van der Waals surface area contributed by atoms with Crippen molar-refractivity contribution in [2.75, 3.05) is 18.0 Å². The van der Waals surface area contributed by atoms with Gasteiger partial charge < -0.3 is 10.2 Å². The standard InChI is InChI=1S/C21H24ClN5OS/c1-14-3-4-15(2)27(14)21-25-24-20(29-21)26-11-9-17(10-12-26)19(28)23-13-16-5-7-18(22)8-6-16/h3-8,17H,9-13H2,1-2H3,(H,23,28). The first kappa shape index (κ1) is 19.9. The van der Waals surface area contributed by atoms with Gasteiger partial charge in [0.15, 0.2) is 0 Å². The fourth-order valence-corrected chi connectivity index (χ4v) is 4.81. The van der Waals surface area contributed by atoms with Crippen LogP contribution in [0.2, 0.25) is 5.02 Å². The van der Waals surface area contributed by atoms with Crippen molar-refractivity contribution >= 4 is 34.0 Å². The van der Waals surface area contributed by atoms with Gasteiger partial charge >= 0.3 is 0 Å². The normalized spacial score (nSPS) is 14.9. The molecule has 1 N–H and O–H groups in total. The van der Waals surface area contributed by atoms with E-state index in [0.29, 0.717) is 11.6 Å². The first-order chi connectivity index (χ1) is 14.0. The molecule has 0 aliphatic carbocycles. The molecule has 0 unspecified atom stereocenters. The van der Waals surface area contributed by atoms with E-state index in [4.69, 9.17) is 11.6 Å². The number of nitrogens with one attached hydrogen (secondary N) is 1. The number of hydrogen-bond donors (Lipinski definition) is 1. The van der Waals surface area contributed by atoms with E-state index in [0.717, 1.165) is 53.1 Å². The number of halogens is 1. The highest BCUT2D eigenvalue weighted by Gasteiger charge is 2.26. The van der Waals surface area contributed by atoms with Crippen LogP contribution in [0.5, 0.6) is 0 Å². The lowest BCUT2D eigenvalue weighted by atomic mass is 9.96. The molecule has 0 radical (unpaired) electrons. The zero-order valence-electron chi connectivity index (χ0n) is 16.6. The van der Waals surface area contributed by atoms with Crippen LogP contribution in [0.4, 0.5) is 5.13 Å². The second kappa shape index (κ2) is 8.55. The molecule has 152 valence electrons. The Hall–Kier alpha value is -2.38. The molecule has 8 heteroatoms. The van der Waals surface area contributed by atoms with E-state index < -0.39 is 0 Å². The fourth-order valence-electron chi connectivity index (χ4n) is 3.67. The molecule has 0 atom stereocenters. The lowest BCUT2D eigenvalue weighted by Crippen LogP contribution is -2.40. The maximum absolute atomic E-state index is 12.5. The summed E-state index contributed by atoms with van der Waals surface area (Å²) in [4.78, 5) is 14.8. The van der Waals surface area contributed by atoms with Crippen LogP contribution in [-0.4, -0.2) is 33.8 Å². The van der Waals surface area contributed by atoms with Crippen LogP contribution in [0.1, 0.15) is 29.8 Å². The molecule has 1 saturated heterocycles. The average molecular weight is 430 g/mol. The largest absolute Gasteiger partial charge is 0.352 e. The number of rotatable bonds is 5. The number of anilines is 1. The molecule has 29 heavy (non-hydrogen) atoms. The topological polar surface area (TPSA) is 63.1 Å². The van der Waals surface area contributed by atoms with Gasteiger partial charge in [-0.05, 0) is 56.5 Å². The SMILES string of the molecule is Cc1ccc(C)n1-c1nnc(N2CCC(C(=O)NCc3ccc(Cl)cc3)CC2)s1. The Morgan fingerprint density at radius 2 is 1.69 bits per heavy atom. The van der Waals surface area contributed by atoms with Crippen molar-refractivity contribution in [3.63, 3.8) is 0 Å². The van der Waals surface area contributed by atoms with E-state index in [1.165, 1.54) is 0 Å². The third kappa shape index (κ3) is 4.46. The molecule has 1 aliphatic heterocycles. The van der Waals surface area contributed by atoms with Gasteiger partial charge in [0.05, 0.1) is 0 Å². The van der Waals surface area contributed by atoms with Gasteiger partial charge in [0.2, 0.25) is 16.2 Å². The summed E-state index contributed by atoms with van der Waals surface area (Å²) >= 11 is 7.50. The lowest BCUT2D eigenvalue weighted by molar-refractivity contribution is -0.125. The summed E-state index contributed by atoms with van der Waals surface area (Å²) in [6, 6.07) is 11.7. The molecule has 6 nitrogen and oxygen atoms in total. The predicted octanol–water partition coefficient (Wildman–Crippen LogP) is 4.13. The minimum absolute atomic E-state index is 0.0416. The van der Waals surface area contributed by atoms with Gasteiger partial charge in [-0.2, -0.15) is 0 Å². The van der Waals surface area contributed by atoms with Gasteiger partial charge in [-0.1, -0.05) is 35.1 Å². The van der Waals surface area contributed by atoms with Crippen LogP contribution in [0, 0.1) is 19.8 Å². The highest BCUT2D eigenvalue weighted by Crippen LogP contribution is 2.29. The Kier molecular flexibility index (Phi) is 5.87. The van der Waals surface area contributed by atoms with Gasteiger partial charge in [0.1, 0.15) is 0 Å². The number of aryl methyl sites for hydroxylation is 2. The fraction of sp³-hybridized carbons (Fsp3) is 0.381. The van der Waals surface area contributed by atoms with E-state index in [2.05, 4.69) is 51.0 Å². The third-order valence-corrected chi connectivity index (χ3v) is 6.60. The van der Waals surface area contributed by atoms with Crippen molar-refractivity contribution in [2.45, 2.75) is 33.2 Å². The summed E-state index contributed by atoms with van der Waals surface area (Å²) < 4.78 is 2.12.